The molecule has 2 fully saturated rings. The van der Waals surface area contributed by atoms with Crippen LogP contribution in [0.3, 0.4) is 0 Å². The fourth-order valence-corrected chi connectivity index (χ4v) is 3.66. The molecular formula is C14H19N5O4S. The van der Waals surface area contributed by atoms with Gasteiger partial charge in [0.15, 0.2) is 0 Å². The summed E-state index contributed by atoms with van der Waals surface area (Å²) in [7, 11) is -2.19. The average Bonchev–Trinajstić information content (AvgIpc) is 2.85. The molecule has 3 heterocycles. The van der Waals surface area contributed by atoms with Gasteiger partial charge < -0.3 is 9.80 Å². The van der Waals surface area contributed by atoms with E-state index in [1.165, 1.54) is 24.2 Å². The van der Waals surface area contributed by atoms with Gasteiger partial charge in [-0.3, -0.25) is 9.69 Å². The summed E-state index contributed by atoms with van der Waals surface area (Å²) in [5.74, 6) is 0.390. The van der Waals surface area contributed by atoms with Crippen molar-refractivity contribution in [3.8, 4) is 0 Å². The van der Waals surface area contributed by atoms with Gasteiger partial charge in [0.25, 0.3) is 5.91 Å². The van der Waals surface area contributed by atoms with Crippen LogP contribution in [0.4, 0.5) is 10.6 Å². The third-order valence-corrected chi connectivity index (χ3v) is 5.75. The van der Waals surface area contributed by atoms with E-state index in [2.05, 4.69) is 9.71 Å². The van der Waals surface area contributed by atoms with Crippen molar-refractivity contribution in [2.45, 2.75) is 17.9 Å². The van der Waals surface area contributed by atoms with Crippen LogP contribution < -0.4 is 9.62 Å². The zero-order valence-electron chi connectivity index (χ0n) is 13.5. The van der Waals surface area contributed by atoms with Gasteiger partial charge in [0.1, 0.15) is 16.8 Å². The maximum Gasteiger partial charge on any atom is 0.327 e. The van der Waals surface area contributed by atoms with Gasteiger partial charge in [-0.25, -0.2) is 22.9 Å². The lowest BCUT2D eigenvalue weighted by Crippen LogP contribution is -2.53. The first-order valence-corrected chi connectivity index (χ1v) is 9.14. The van der Waals surface area contributed by atoms with E-state index in [0.717, 1.165) is 0 Å². The van der Waals surface area contributed by atoms with Crippen LogP contribution in [0, 0.1) is 0 Å². The summed E-state index contributed by atoms with van der Waals surface area (Å²) in [6.45, 7) is 3.46. The Kier molecular flexibility index (Phi) is 4.18. The molecule has 24 heavy (non-hydrogen) atoms. The number of hydrogen-bond donors (Lipinski definition) is 1. The Hall–Kier alpha value is -2.20. The molecular weight excluding hydrogens is 334 g/mol. The van der Waals surface area contributed by atoms with Gasteiger partial charge in [0, 0.05) is 32.4 Å². The van der Waals surface area contributed by atoms with Gasteiger partial charge in [0.05, 0.1) is 0 Å². The van der Waals surface area contributed by atoms with Crippen molar-refractivity contribution in [3.63, 3.8) is 0 Å². The van der Waals surface area contributed by atoms with Crippen molar-refractivity contribution < 1.29 is 18.0 Å². The molecule has 3 amide bonds. The Morgan fingerprint density at radius 2 is 2.04 bits per heavy atom. The lowest BCUT2D eigenvalue weighted by molar-refractivity contribution is -0.128. The molecule has 2 aliphatic rings. The number of piperazine rings is 1. The Bertz CT molecular complexity index is 764. The number of carbonyl (C=O) groups excluding carboxylic acids is 2. The van der Waals surface area contributed by atoms with Gasteiger partial charge in [-0.1, -0.05) is 0 Å². The number of fused-ring (bicyclic) bond motifs is 1. The van der Waals surface area contributed by atoms with Crippen LogP contribution in [0.25, 0.3) is 0 Å². The quantitative estimate of drug-likeness (QED) is 0.730. The normalized spacial score (nSPS) is 21.4. The molecule has 0 aliphatic carbocycles. The van der Waals surface area contributed by atoms with Crippen LogP contribution in [0.1, 0.15) is 6.92 Å². The SMILES string of the molecule is CCN1C(=O)C2CN(c3ccc(S(=O)(=O)NC)cn3)CCN2C1=O. The Balaban J connectivity index is 1.78. The number of amides is 3. The van der Waals surface area contributed by atoms with Crippen molar-refractivity contribution in [2.75, 3.05) is 38.1 Å². The van der Waals surface area contributed by atoms with E-state index in [0.29, 0.717) is 32.0 Å². The highest BCUT2D eigenvalue weighted by atomic mass is 32.2. The van der Waals surface area contributed by atoms with Gasteiger partial charge in [-0.15, -0.1) is 0 Å². The lowest BCUT2D eigenvalue weighted by atomic mass is 10.2. The number of carbonyl (C=O) groups is 2. The van der Waals surface area contributed by atoms with Crippen LogP contribution in [0.5, 0.6) is 0 Å². The van der Waals surface area contributed by atoms with Crippen molar-refractivity contribution in [3.05, 3.63) is 18.3 Å². The molecule has 1 unspecified atom stereocenters. The largest absolute Gasteiger partial charge is 0.352 e. The predicted octanol–water partition coefficient (Wildman–Crippen LogP) is -0.538. The second-order valence-corrected chi connectivity index (χ2v) is 7.47. The van der Waals surface area contributed by atoms with Crippen LogP contribution in [0.15, 0.2) is 23.2 Å². The molecule has 0 spiro atoms. The first kappa shape index (κ1) is 16.7. The maximum atomic E-state index is 12.3. The monoisotopic (exact) mass is 353 g/mol. The molecule has 130 valence electrons. The van der Waals surface area contributed by atoms with Crippen LogP contribution >= 0.6 is 0 Å². The van der Waals surface area contributed by atoms with E-state index in [9.17, 15) is 18.0 Å². The van der Waals surface area contributed by atoms with Crippen molar-refractivity contribution >= 4 is 27.8 Å². The van der Waals surface area contributed by atoms with E-state index >= 15 is 0 Å². The van der Waals surface area contributed by atoms with Crippen molar-refractivity contribution in [2.24, 2.45) is 0 Å². The van der Waals surface area contributed by atoms with Gasteiger partial charge in [0.2, 0.25) is 10.0 Å². The number of imide groups is 1. The zero-order chi connectivity index (χ0) is 17.5. The molecule has 2 aliphatic heterocycles. The number of aromatic nitrogens is 1. The lowest BCUT2D eigenvalue weighted by Gasteiger charge is -2.36. The minimum atomic E-state index is -3.53. The van der Waals surface area contributed by atoms with Crippen LogP contribution in [-0.2, 0) is 14.8 Å². The molecule has 1 aromatic rings. The summed E-state index contributed by atoms with van der Waals surface area (Å²) < 4.78 is 25.7. The van der Waals surface area contributed by atoms with E-state index < -0.39 is 16.1 Å². The van der Waals surface area contributed by atoms with Crippen molar-refractivity contribution in [1.29, 1.82) is 0 Å². The molecule has 1 N–H and O–H groups in total. The number of nitrogens with zero attached hydrogens (tertiary/aromatic N) is 4. The molecule has 10 heteroatoms. The van der Waals surface area contributed by atoms with Crippen LogP contribution in [0.2, 0.25) is 0 Å². The van der Waals surface area contributed by atoms with E-state index in [1.807, 2.05) is 4.90 Å². The topological polar surface area (TPSA) is 103 Å². The predicted molar refractivity (Wildman–Crippen MR) is 86.0 cm³/mol. The van der Waals surface area contributed by atoms with E-state index in [1.54, 1.807) is 17.9 Å². The summed E-state index contributed by atoms with van der Waals surface area (Å²) in [6.07, 6.45) is 1.29. The van der Waals surface area contributed by atoms with E-state index in [4.69, 9.17) is 0 Å². The second-order valence-electron chi connectivity index (χ2n) is 5.58. The highest BCUT2D eigenvalue weighted by Crippen LogP contribution is 2.24. The fourth-order valence-electron chi connectivity index (χ4n) is 2.99. The summed E-state index contributed by atoms with van der Waals surface area (Å²) in [5, 5.41) is 0. The molecule has 0 saturated carbocycles. The minimum absolute atomic E-state index is 0.0802. The number of anilines is 1. The standard InChI is InChI=1S/C14H19N5O4S/c1-3-18-13(20)11-9-17(6-7-19(11)14(18)21)12-5-4-10(8-16-12)24(22,23)15-2/h4-5,8,11,15H,3,6-7,9H2,1-2H3. The third kappa shape index (κ3) is 2.61. The molecule has 0 bridgehead atoms. The number of nitrogens with one attached hydrogen (secondary N) is 1. The molecule has 2 saturated heterocycles. The number of hydrogen-bond acceptors (Lipinski definition) is 6. The highest BCUT2D eigenvalue weighted by Gasteiger charge is 2.47. The molecule has 0 radical (unpaired) electrons. The van der Waals surface area contributed by atoms with E-state index in [-0.39, 0.29) is 16.8 Å². The highest BCUT2D eigenvalue weighted by molar-refractivity contribution is 7.89. The smallest absolute Gasteiger partial charge is 0.327 e. The minimum Gasteiger partial charge on any atom is -0.352 e. The second kappa shape index (κ2) is 6.02. The molecule has 1 atom stereocenters. The molecule has 3 rings (SSSR count). The number of pyridine rings is 1. The zero-order valence-corrected chi connectivity index (χ0v) is 14.3. The Morgan fingerprint density at radius 1 is 1.29 bits per heavy atom. The maximum absolute atomic E-state index is 12.3. The van der Waals surface area contributed by atoms with Gasteiger partial charge in [-0.2, -0.15) is 0 Å². The molecule has 0 aromatic carbocycles. The number of urea groups is 1. The number of likely N-dealkylation sites (N-methyl/N-ethyl adjacent to an activating group) is 1. The average molecular weight is 353 g/mol. The Labute approximate surface area is 140 Å². The van der Waals surface area contributed by atoms with Gasteiger partial charge in [-0.05, 0) is 26.1 Å². The Morgan fingerprint density at radius 3 is 2.62 bits per heavy atom. The third-order valence-electron chi connectivity index (χ3n) is 4.35. The first-order chi connectivity index (χ1) is 11.4. The fraction of sp³-hybridized carbons (Fsp3) is 0.500. The molecule has 9 nitrogen and oxygen atoms in total. The summed E-state index contributed by atoms with van der Waals surface area (Å²) >= 11 is 0. The number of rotatable bonds is 4. The summed E-state index contributed by atoms with van der Waals surface area (Å²) in [4.78, 5) is 33.4. The van der Waals surface area contributed by atoms with Crippen LogP contribution in [-0.4, -0.2) is 74.4 Å². The molecule has 1 aromatic heterocycles. The summed E-state index contributed by atoms with van der Waals surface area (Å²) in [6, 6.07) is 2.34. The number of sulfonamides is 1. The summed E-state index contributed by atoms with van der Waals surface area (Å²) in [5.41, 5.74) is 0. The van der Waals surface area contributed by atoms with Crippen molar-refractivity contribution in [1.82, 2.24) is 19.5 Å². The van der Waals surface area contributed by atoms with Gasteiger partial charge >= 0.3 is 6.03 Å². The first-order valence-electron chi connectivity index (χ1n) is 7.65.